The summed E-state index contributed by atoms with van der Waals surface area (Å²) in [5.41, 5.74) is 3.76. The summed E-state index contributed by atoms with van der Waals surface area (Å²) in [7, 11) is 0. The van der Waals surface area contributed by atoms with Crippen LogP contribution >= 0.6 is 11.3 Å². The van der Waals surface area contributed by atoms with Crippen molar-refractivity contribution in [3.8, 4) is 0 Å². The van der Waals surface area contributed by atoms with Crippen LogP contribution in [-0.2, 0) is 11.2 Å². The van der Waals surface area contributed by atoms with Crippen molar-refractivity contribution in [1.82, 2.24) is 15.2 Å². The molecule has 0 spiro atoms. The van der Waals surface area contributed by atoms with E-state index in [1.807, 2.05) is 17.2 Å². The average Bonchev–Trinajstić information content (AvgIpc) is 3.02. The van der Waals surface area contributed by atoms with Gasteiger partial charge in [-0.25, -0.2) is 9.78 Å². The molecule has 5 nitrogen and oxygen atoms in total. The van der Waals surface area contributed by atoms with E-state index < -0.39 is 0 Å². The lowest BCUT2D eigenvalue weighted by atomic mass is 9.78. The number of hydrogen-bond acceptors (Lipinski definition) is 4. The van der Waals surface area contributed by atoms with Crippen LogP contribution in [0.3, 0.4) is 0 Å². The van der Waals surface area contributed by atoms with Crippen LogP contribution in [0.2, 0.25) is 0 Å². The Kier molecular flexibility index (Phi) is 4.24. The Morgan fingerprint density at radius 3 is 3.12 bits per heavy atom. The number of carbonyl (C=O) groups excluding carboxylic acids is 1. The van der Waals surface area contributed by atoms with Crippen molar-refractivity contribution in [3.63, 3.8) is 0 Å². The van der Waals surface area contributed by atoms with Gasteiger partial charge in [0, 0.05) is 30.1 Å². The predicted molar refractivity (Wildman–Crippen MR) is 93.4 cm³/mol. The minimum absolute atomic E-state index is 0.0134. The summed E-state index contributed by atoms with van der Waals surface area (Å²) in [6.07, 6.45) is 1.05. The van der Waals surface area contributed by atoms with Gasteiger partial charge in [-0.15, -0.1) is 11.3 Å². The molecule has 2 atom stereocenters. The highest BCUT2D eigenvalue weighted by atomic mass is 32.1. The molecule has 24 heavy (non-hydrogen) atoms. The van der Waals surface area contributed by atoms with E-state index in [4.69, 9.17) is 4.74 Å². The van der Waals surface area contributed by atoms with E-state index in [-0.39, 0.29) is 12.1 Å². The Hall–Kier alpha value is -1.92. The Bertz CT molecular complexity index is 745. The molecule has 126 valence electrons. The third-order valence-corrected chi connectivity index (χ3v) is 5.84. The number of nitrogens with zero attached hydrogens (tertiary/aromatic N) is 2. The molecule has 2 amide bonds. The van der Waals surface area contributed by atoms with Gasteiger partial charge in [-0.3, -0.25) is 0 Å². The van der Waals surface area contributed by atoms with Crippen molar-refractivity contribution in [2.45, 2.75) is 25.3 Å². The lowest BCUT2D eigenvalue weighted by molar-refractivity contribution is 0.0115. The molecular weight excluding hydrogens is 322 g/mol. The number of rotatable bonds is 3. The van der Waals surface area contributed by atoms with Crippen LogP contribution in [0, 0.1) is 6.92 Å². The van der Waals surface area contributed by atoms with Gasteiger partial charge in [0.2, 0.25) is 0 Å². The number of ether oxygens (including phenoxy) is 1. The van der Waals surface area contributed by atoms with Crippen molar-refractivity contribution in [3.05, 3.63) is 51.5 Å². The van der Waals surface area contributed by atoms with Gasteiger partial charge in [-0.1, -0.05) is 24.3 Å². The van der Waals surface area contributed by atoms with Gasteiger partial charge in [0.1, 0.15) is 11.0 Å². The van der Waals surface area contributed by atoms with E-state index >= 15 is 0 Å². The lowest BCUT2D eigenvalue weighted by Gasteiger charge is -2.36. The van der Waals surface area contributed by atoms with Crippen molar-refractivity contribution in [2.75, 3.05) is 26.3 Å². The molecule has 6 heteroatoms. The standard InChI is InChI=1S/C18H21N3O2S/c1-12-11-24-17(20-12)16-10-23-7-6-21(16)18(22)19-9-14-8-13-4-2-3-5-15(13)14/h2-5,11,14,16H,6-10H2,1H3,(H,19,22)/t14-,16-/m0/s1. The van der Waals surface area contributed by atoms with Crippen LogP contribution in [0.4, 0.5) is 4.79 Å². The number of hydrogen-bond donors (Lipinski definition) is 1. The van der Waals surface area contributed by atoms with E-state index in [0.717, 1.165) is 17.1 Å². The monoisotopic (exact) mass is 343 g/mol. The van der Waals surface area contributed by atoms with Crippen LogP contribution in [0.15, 0.2) is 29.6 Å². The van der Waals surface area contributed by atoms with Gasteiger partial charge in [0.05, 0.1) is 13.2 Å². The van der Waals surface area contributed by atoms with Gasteiger partial charge in [0.15, 0.2) is 0 Å². The second kappa shape index (κ2) is 6.53. The van der Waals surface area contributed by atoms with Crippen molar-refractivity contribution in [1.29, 1.82) is 0 Å². The molecule has 2 aliphatic rings. The van der Waals surface area contributed by atoms with Gasteiger partial charge in [-0.2, -0.15) is 0 Å². The summed E-state index contributed by atoms with van der Waals surface area (Å²) >= 11 is 1.60. The molecule has 0 radical (unpaired) electrons. The fraction of sp³-hybridized carbons (Fsp3) is 0.444. The molecular formula is C18H21N3O2S. The van der Waals surface area contributed by atoms with Gasteiger partial charge in [0.25, 0.3) is 0 Å². The summed E-state index contributed by atoms with van der Waals surface area (Å²) in [6, 6.07) is 8.37. The zero-order chi connectivity index (χ0) is 16.5. The van der Waals surface area contributed by atoms with E-state index in [1.165, 1.54) is 11.1 Å². The SMILES string of the molecule is Cc1csc([C@@H]2COCCN2C(=O)NC[C@@H]2Cc3ccccc32)n1. The molecule has 1 aromatic carbocycles. The fourth-order valence-corrected chi connectivity index (χ4v) is 4.33. The van der Waals surface area contributed by atoms with Gasteiger partial charge < -0.3 is 15.0 Å². The zero-order valence-corrected chi connectivity index (χ0v) is 14.5. The number of benzene rings is 1. The molecule has 2 heterocycles. The maximum atomic E-state index is 12.7. The third-order valence-electron chi connectivity index (χ3n) is 4.77. The molecule has 1 aliphatic heterocycles. The number of aromatic nitrogens is 1. The van der Waals surface area contributed by atoms with Crippen LogP contribution in [0.5, 0.6) is 0 Å². The Labute approximate surface area is 145 Å². The van der Waals surface area contributed by atoms with E-state index in [9.17, 15) is 4.79 Å². The number of thiazole rings is 1. The van der Waals surface area contributed by atoms with Crippen LogP contribution < -0.4 is 5.32 Å². The second-order valence-corrected chi connectivity index (χ2v) is 7.29. The minimum atomic E-state index is -0.0777. The summed E-state index contributed by atoms with van der Waals surface area (Å²) < 4.78 is 5.58. The first-order valence-electron chi connectivity index (χ1n) is 8.34. The quantitative estimate of drug-likeness (QED) is 0.932. The number of nitrogens with one attached hydrogen (secondary N) is 1. The van der Waals surface area contributed by atoms with Crippen molar-refractivity contribution >= 4 is 17.4 Å². The first-order chi connectivity index (χ1) is 11.7. The fourth-order valence-electron chi connectivity index (χ4n) is 3.43. The maximum Gasteiger partial charge on any atom is 0.318 e. The Morgan fingerprint density at radius 2 is 2.33 bits per heavy atom. The van der Waals surface area contributed by atoms with Gasteiger partial charge in [-0.05, 0) is 24.5 Å². The molecule has 0 bridgehead atoms. The number of aryl methyl sites for hydroxylation is 1. The summed E-state index contributed by atoms with van der Waals surface area (Å²) in [6.45, 7) is 4.38. The van der Waals surface area contributed by atoms with Crippen LogP contribution in [0.25, 0.3) is 0 Å². The normalized spacial score (nSPS) is 22.6. The zero-order valence-electron chi connectivity index (χ0n) is 13.7. The Morgan fingerprint density at radius 1 is 1.46 bits per heavy atom. The molecule has 1 fully saturated rings. The molecule has 1 N–H and O–H groups in total. The van der Waals surface area contributed by atoms with E-state index in [0.29, 0.717) is 32.2 Å². The highest BCUT2D eigenvalue weighted by Crippen LogP contribution is 2.34. The number of urea groups is 1. The molecule has 0 unspecified atom stereocenters. The Balaban J connectivity index is 1.39. The highest BCUT2D eigenvalue weighted by Gasteiger charge is 2.32. The topological polar surface area (TPSA) is 54.5 Å². The third kappa shape index (κ3) is 2.91. The van der Waals surface area contributed by atoms with Crippen LogP contribution in [-0.4, -0.2) is 42.2 Å². The lowest BCUT2D eigenvalue weighted by Crippen LogP contribution is -2.49. The molecule has 4 rings (SSSR count). The largest absolute Gasteiger partial charge is 0.377 e. The molecule has 2 aromatic rings. The number of amides is 2. The van der Waals surface area contributed by atoms with E-state index in [2.05, 4.69) is 34.6 Å². The number of fused-ring (bicyclic) bond motifs is 1. The molecule has 1 aromatic heterocycles. The maximum absolute atomic E-state index is 12.7. The summed E-state index contributed by atoms with van der Waals surface area (Å²) in [5, 5.41) is 6.08. The minimum Gasteiger partial charge on any atom is -0.377 e. The molecule has 1 aliphatic carbocycles. The van der Waals surface area contributed by atoms with Gasteiger partial charge >= 0.3 is 6.03 Å². The molecule has 0 saturated carbocycles. The first kappa shape index (κ1) is 15.6. The molecule has 1 saturated heterocycles. The highest BCUT2D eigenvalue weighted by molar-refractivity contribution is 7.09. The van der Waals surface area contributed by atoms with E-state index in [1.54, 1.807) is 11.3 Å². The predicted octanol–water partition coefficient (Wildman–Crippen LogP) is 2.87. The smallest absolute Gasteiger partial charge is 0.318 e. The number of carbonyl (C=O) groups is 1. The van der Waals surface area contributed by atoms with Crippen LogP contribution in [0.1, 0.15) is 33.8 Å². The van der Waals surface area contributed by atoms with Crippen molar-refractivity contribution < 1.29 is 9.53 Å². The summed E-state index contributed by atoms with van der Waals surface area (Å²) in [4.78, 5) is 19.1. The number of morpholine rings is 1. The summed E-state index contributed by atoms with van der Waals surface area (Å²) in [5.74, 6) is 0.437. The first-order valence-corrected chi connectivity index (χ1v) is 9.22. The van der Waals surface area contributed by atoms with Crippen molar-refractivity contribution in [2.24, 2.45) is 0 Å². The average molecular weight is 343 g/mol. The second-order valence-electron chi connectivity index (χ2n) is 6.40.